The lowest BCUT2D eigenvalue weighted by atomic mass is 10.1. The zero-order valence-electron chi connectivity index (χ0n) is 9.56. The molecule has 1 aliphatic heterocycles. The number of aliphatic carboxylic acids is 1. The highest BCUT2D eigenvalue weighted by Gasteiger charge is 2.23. The van der Waals surface area contributed by atoms with Crippen molar-refractivity contribution in [2.45, 2.75) is 0 Å². The fraction of sp³-hybridized carbons (Fsp3) is 0.333. The van der Waals surface area contributed by atoms with E-state index in [4.69, 9.17) is 9.84 Å². The van der Waals surface area contributed by atoms with E-state index in [0.717, 1.165) is 6.07 Å². The first-order valence-electron chi connectivity index (χ1n) is 5.49. The molecule has 18 heavy (non-hydrogen) atoms. The predicted octanol–water partition coefficient (Wildman–Crippen LogP) is 0.930. The van der Waals surface area contributed by atoms with E-state index in [2.05, 4.69) is 0 Å². The number of hydrogen-bond donors (Lipinski definition) is 1. The molecule has 0 saturated carbocycles. The Balaban J connectivity index is 2.39. The highest BCUT2D eigenvalue weighted by Crippen LogP contribution is 2.23. The van der Waals surface area contributed by atoms with Crippen molar-refractivity contribution < 1.29 is 23.8 Å². The number of ketones is 1. The summed E-state index contributed by atoms with van der Waals surface area (Å²) in [5.41, 5.74) is 0.316. The van der Waals surface area contributed by atoms with E-state index >= 15 is 0 Å². The Bertz CT molecular complexity index is 483. The van der Waals surface area contributed by atoms with Gasteiger partial charge in [0.15, 0.2) is 0 Å². The van der Waals surface area contributed by atoms with Gasteiger partial charge in [-0.05, 0) is 18.2 Å². The van der Waals surface area contributed by atoms with Crippen LogP contribution < -0.4 is 4.90 Å². The predicted molar refractivity (Wildman–Crippen MR) is 61.4 cm³/mol. The average molecular weight is 253 g/mol. The number of halogens is 1. The largest absolute Gasteiger partial charge is 0.475 e. The maximum atomic E-state index is 13.1. The Morgan fingerprint density at radius 3 is 2.56 bits per heavy atom. The van der Waals surface area contributed by atoms with Crippen LogP contribution >= 0.6 is 0 Å². The summed E-state index contributed by atoms with van der Waals surface area (Å²) in [7, 11) is 0. The van der Waals surface area contributed by atoms with Crippen LogP contribution in [0.3, 0.4) is 0 Å². The number of morpholine rings is 1. The summed E-state index contributed by atoms with van der Waals surface area (Å²) in [5, 5.41) is 8.73. The highest BCUT2D eigenvalue weighted by molar-refractivity contribution is 6.41. The van der Waals surface area contributed by atoms with Gasteiger partial charge in [-0.1, -0.05) is 0 Å². The zero-order valence-corrected chi connectivity index (χ0v) is 9.56. The zero-order chi connectivity index (χ0) is 13.1. The Morgan fingerprint density at radius 1 is 1.28 bits per heavy atom. The molecule has 6 heteroatoms. The molecule has 1 heterocycles. The third-order valence-electron chi connectivity index (χ3n) is 2.75. The average Bonchev–Trinajstić information content (AvgIpc) is 2.38. The van der Waals surface area contributed by atoms with Gasteiger partial charge in [0.2, 0.25) is 0 Å². The van der Waals surface area contributed by atoms with Crippen LogP contribution in [0, 0.1) is 5.82 Å². The van der Waals surface area contributed by atoms with Gasteiger partial charge in [0.05, 0.1) is 18.8 Å². The summed E-state index contributed by atoms with van der Waals surface area (Å²) >= 11 is 0. The van der Waals surface area contributed by atoms with Crippen molar-refractivity contribution in [1.82, 2.24) is 0 Å². The lowest BCUT2D eigenvalue weighted by Crippen LogP contribution is -2.37. The first-order valence-corrected chi connectivity index (χ1v) is 5.49. The number of carboxylic acids is 1. The van der Waals surface area contributed by atoms with Gasteiger partial charge in [0.1, 0.15) is 5.82 Å². The van der Waals surface area contributed by atoms with Gasteiger partial charge in [-0.15, -0.1) is 0 Å². The first-order chi connectivity index (χ1) is 8.59. The van der Waals surface area contributed by atoms with E-state index in [1.54, 1.807) is 0 Å². The fourth-order valence-corrected chi connectivity index (χ4v) is 1.89. The molecule has 0 unspecified atom stereocenters. The van der Waals surface area contributed by atoms with Gasteiger partial charge >= 0.3 is 5.97 Å². The second-order valence-electron chi connectivity index (χ2n) is 3.90. The van der Waals surface area contributed by atoms with Crippen LogP contribution in [-0.4, -0.2) is 43.2 Å². The molecule has 0 aromatic heterocycles. The molecule has 96 valence electrons. The van der Waals surface area contributed by atoms with Crippen LogP contribution in [0.15, 0.2) is 18.2 Å². The number of Topliss-reactive ketones (excluding diaryl/α,β-unsaturated/α-hetero) is 1. The number of carbonyl (C=O) groups excluding carboxylic acids is 1. The van der Waals surface area contributed by atoms with Crippen molar-refractivity contribution in [3.63, 3.8) is 0 Å². The van der Waals surface area contributed by atoms with E-state index in [1.807, 2.05) is 4.90 Å². The number of carboxylic acid groups (broad SMARTS) is 1. The summed E-state index contributed by atoms with van der Waals surface area (Å²) in [6.07, 6.45) is 0. The molecule has 1 fully saturated rings. The Morgan fingerprint density at radius 2 is 1.94 bits per heavy atom. The number of carbonyl (C=O) groups is 2. The minimum Gasteiger partial charge on any atom is -0.475 e. The van der Waals surface area contributed by atoms with Gasteiger partial charge < -0.3 is 14.7 Å². The molecule has 1 aliphatic rings. The smallest absolute Gasteiger partial charge is 0.377 e. The third kappa shape index (κ3) is 2.48. The monoisotopic (exact) mass is 253 g/mol. The number of ether oxygens (including phenoxy) is 1. The van der Waals surface area contributed by atoms with E-state index in [-0.39, 0.29) is 5.56 Å². The lowest BCUT2D eigenvalue weighted by Gasteiger charge is -2.30. The number of anilines is 1. The van der Waals surface area contributed by atoms with Gasteiger partial charge in [-0.2, -0.15) is 0 Å². The van der Waals surface area contributed by atoms with Gasteiger partial charge in [0, 0.05) is 18.8 Å². The number of nitrogens with zero attached hydrogens (tertiary/aromatic N) is 1. The molecule has 1 N–H and O–H groups in total. The van der Waals surface area contributed by atoms with E-state index in [1.165, 1.54) is 12.1 Å². The normalized spacial score (nSPS) is 15.5. The van der Waals surface area contributed by atoms with Crippen molar-refractivity contribution in [2.24, 2.45) is 0 Å². The molecule has 0 atom stereocenters. The summed E-state index contributed by atoms with van der Waals surface area (Å²) in [5.74, 6) is -3.32. The summed E-state index contributed by atoms with van der Waals surface area (Å²) < 4.78 is 18.3. The van der Waals surface area contributed by atoms with Crippen LogP contribution in [0.2, 0.25) is 0 Å². The first kappa shape index (κ1) is 12.5. The van der Waals surface area contributed by atoms with Crippen LogP contribution in [0.5, 0.6) is 0 Å². The molecule has 0 amide bonds. The molecule has 2 rings (SSSR count). The fourth-order valence-electron chi connectivity index (χ4n) is 1.89. The molecule has 0 spiro atoms. The van der Waals surface area contributed by atoms with E-state index in [9.17, 15) is 14.0 Å². The standard InChI is InChI=1S/C12H12FNO4/c13-8-1-2-10(14-3-5-18-6-4-14)9(7-8)11(15)12(16)17/h1-2,7H,3-6H2,(H,16,17). The molecule has 1 saturated heterocycles. The molecule has 0 bridgehead atoms. The van der Waals surface area contributed by atoms with Gasteiger partial charge in [-0.25, -0.2) is 9.18 Å². The van der Waals surface area contributed by atoms with Gasteiger partial charge in [-0.3, -0.25) is 4.79 Å². The SMILES string of the molecule is O=C(O)C(=O)c1cc(F)ccc1N1CCOCC1. The van der Waals surface area contributed by atoms with Crippen molar-refractivity contribution in [3.8, 4) is 0 Å². The van der Waals surface area contributed by atoms with E-state index < -0.39 is 17.6 Å². The number of rotatable bonds is 3. The third-order valence-corrected chi connectivity index (χ3v) is 2.75. The molecule has 0 radical (unpaired) electrons. The van der Waals surface area contributed by atoms with Gasteiger partial charge in [0.25, 0.3) is 5.78 Å². The van der Waals surface area contributed by atoms with Crippen molar-refractivity contribution in [2.75, 3.05) is 31.2 Å². The Labute approximate surface area is 103 Å². The summed E-state index contributed by atoms with van der Waals surface area (Å²) in [6.45, 7) is 2.09. The number of benzene rings is 1. The highest BCUT2D eigenvalue weighted by atomic mass is 19.1. The summed E-state index contributed by atoms with van der Waals surface area (Å²) in [6, 6.07) is 3.60. The van der Waals surface area contributed by atoms with E-state index in [0.29, 0.717) is 32.0 Å². The minimum absolute atomic E-state index is 0.121. The molecule has 1 aromatic rings. The number of hydrogen-bond acceptors (Lipinski definition) is 4. The van der Waals surface area contributed by atoms with Crippen molar-refractivity contribution in [3.05, 3.63) is 29.6 Å². The van der Waals surface area contributed by atoms with Crippen LogP contribution in [0.1, 0.15) is 10.4 Å². The molecule has 5 nitrogen and oxygen atoms in total. The minimum atomic E-state index is -1.59. The molecular weight excluding hydrogens is 241 g/mol. The Kier molecular flexibility index (Phi) is 3.57. The van der Waals surface area contributed by atoms with Crippen molar-refractivity contribution in [1.29, 1.82) is 0 Å². The summed E-state index contributed by atoms with van der Waals surface area (Å²) in [4.78, 5) is 24.1. The Hall–Kier alpha value is -1.95. The molecule has 0 aliphatic carbocycles. The lowest BCUT2D eigenvalue weighted by molar-refractivity contribution is -0.131. The van der Waals surface area contributed by atoms with Crippen LogP contribution in [0.25, 0.3) is 0 Å². The van der Waals surface area contributed by atoms with Crippen molar-refractivity contribution >= 4 is 17.4 Å². The second-order valence-corrected chi connectivity index (χ2v) is 3.90. The van der Waals surface area contributed by atoms with Crippen LogP contribution in [0.4, 0.5) is 10.1 Å². The molecule has 1 aromatic carbocycles. The maximum Gasteiger partial charge on any atom is 0.377 e. The molecular formula is C12H12FNO4. The topological polar surface area (TPSA) is 66.8 Å². The van der Waals surface area contributed by atoms with Crippen LogP contribution in [-0.2, 0) is 9.53 Å². The maximum absolute atomic E-state index is 13.1. The quantitative estimate of drug-likeness (QED) is 0.641. The second kappa shape index (κ2) is 5.14.